The Hall–Kier alpha value is -8.60. The Bertz CT molecular complexity index is 4030. The van der Waals surface area contributed by atoms with Crippen LogP contribution >= 0.6 is 0 Å². The van der Waals surface area contributed by atoms with Crippen molar-refractivity contribution in [2.75, 3.05) is 9.80 Å². The molecule has 0 bridgehead atoms. The molecule has 1 saturated carbocycles. The van der Waals surface area contributed by atoms with E-state index >= 15 is 0 Å². The molecule has 2 heterocycles. The van der Waals surface area contributed by atoms with Gasteiger partial charge in [-0.05, 0) is 162 Å². The van der Waals surface area contributed by atoms with E-state index in [1.165, 1.54) is 69.6 Å². The summed E-state index contributed by atoms with van der Waals surface area (Å²) in [6, 6.07) is 75.8. The van der Waals surface area contributed by atoms with Gasteiger partial charge in [0, 0.05) is 51.2 Å². The van der Waals surface area contributed by atoms with Crippen LogP contribution in [0.1, 0.15) is 110 Å². The number of benzene rings is 9. The molecule has 388 valence electrons. The zero-order chi connectivity index (χ0) is 53.8. The van der Waals surface area contributed by atoms with Crippen LogP contribution in [0.5, 0.6) is 5.75 Å². The molecule has 14 rings (SSSR count). The van der Waals surface area contributed by atoms with E-state index in [9.17, 15) is 5.11 Å². The fourth-order valence-electron chi connectivity index (χ4n) is 15.1. The maximum Gasteiger partial charge on any atom is 0.153 e. The number of aryl methyl sites for hydroxylation is 1. The lowest BCUT2D eigenvalue weighted by Gasteiger charge is -2.50. The highest BCUT2D eigenvalue weighted by Gasteiger charge is 2.58. The Morgan fingerprint density at radius 3 is 1.84 bits per heavy atom. The topological polar surface area (TPSA) is 39.9 Å². The Kier molecular flexibility index (Phi) is 11.4. The molecular weight excluding hydrogens is 961 g/mol. The molecule has 79 heavy (non-hydrogen) atoms. The first-order valence-electron chi connectivity index (χ1n) is 28.6. The second-order valence-electron chi connectivity index (χ2n) is 23.0. The van der Waals surface area contributed by atoms with E-state index in [4.69, 9.17) is 4.42 Å². The van der Waals surface area contributed by atoms with Gasteiger partial charge in [-0.1, -0.05) is 197 Å². The van der Waals surface area contributed by atoms with E-state index < -0.39 is 5.41 Å². The highest BCUT2D eigenvalue weighted by Crippen LogP contribution is 2.67. The van der Waals surface area contributed by atoms with Crippen molar-refractivity contribution >= 4 is 28.4 Å². The van der Waals surface area contributed by atoms with E-state index in [-0.39, 0.29) is 16.7 Å². The fourth-order valence-corrected chi connectivity index (χ4v) is 15.1. The number of anilines is 4. The predicted molar refractivity (Wildman–Crippen MR) is 328 cm³/mol. The second kappa shape index (κ2) is 18.5. The van der Waals surface area contributed by atoms with Gasteiger partial charge in [0.2, 0.25) is 0 Å². The lowest BCUT2D eigenvalue weighted by Crippen LogP contribution is -2.54. The molecule has 1 N–H and O–H groups in total. The third-order valence-electron chi connectivity index (χ3n) is 19.1. The van der Waals surface area contributed by atoms with E-state index in [0.29, 0.717) is 0 Å². The molecule has 3 aliphatic carbocycles. The van der Waals surface area contributed by atoms with Crippen molar-refractivity contribution in [2.24, 2.45) is 0 Å². The molecule has 0 radical (unpaired) electrons. The van der Waals surface area contributed by atoms with E-state index in [0.717, 1.165) is 103 Å². The molecule has 9 aromatic carbocycles. The molecule has 10 aromatic rings. The number of aromatic hydroxyl groups is 1. The van der Waals surface area contributed by atoms with Crippen molar-refractivity contribution in [1.82, 2.24) is 0 Å². The molecule has 0 amide bonds. The number of rotatable bonds is 10. The second-order valence-corrected chi connectivity index (χ2v) is 23.0. The molecule has 1 fully saturated rings. The van der Waals surface area contributed by atoms with Crippen molar-refractivity contribution < 1.29 is 9.52 Å². The average Bonchev–Trinajstić information content (AvgIpc) is 2.15. The summed E-state index contributed by atoms with van der Waals surface area (Å²) in [5, 5.41) is 13.4. The number of nitrogens with zero attached hydrogens (tertiary/aromatic N) is 2. The van der Waals surface area contributed by atoms with Crippen molar-refractivity contribution in [1.29, 1.82) is 0 Å². The van der Waals surface area contributed by atoms with Crippen LogP contribution < -0.4 is 9.80 Å². The van der Waals surface area contributed by atoms with Gasteiger partial charge < -0.3 is 19.3 Å². The SMILES string of the molecule is C/C=C(\c1oc(CCC)c(C)c1C)N(c1ccc2c(c1)C1(c3ccccc3-c3ccccc31)c1cc(-c3ccc(N4c5ccccc5C5(C)CCCCC45C)cc3)c(O)c(-c3ccccc3)c1-2)c1ccccc1-c1ccccc1. The summed E-state index contributed by atoms with van der Waals surface area (Å²) >= 11 is 0. The molecule has 4 nitrogen and oxygen atoms in total. The number of allylic oxidation sites excluding steroid dienone is 1. The summed E-state index contributed by atoms with van der Waals surface area (Å²) in [5.41, 5.74) is 23.9. The van der Waals surface area contributed by atoms with Gasteiger partial charge >= 0.3 is 0 Å². The third-order valence-corrected chi connectivity index (χ3v) is 19.1. The first kappa shape index (κ1) is 48.7. The molecule has 2 atom stereocenters. The van der Waals surface area contributed by atoms with Gasteiger partial charge in [0.25, 0.3) is 0 Å². The Morgan fingerprint density at radius 2 is 1.15 bits per heavy atom. The molecule has 1 spiro atoms. The summed E-state index contributed by atoms with van der Waals surface area (Å²) in [6.07, 6.45) is 8.87. The fraction of sp³-hybridized carbons (Fsp3) is 0.200. The smallest absolute Gasteiger partial charge is 0.153 e. The minimum absolute atomic E-state index is 0.0477. The maximum atomic E-state index is 13.4. The van der Waals surface area contributed by atoms with Gasteiger partial charge in [0.15, 0.2) is 5.76 Å². The lowest BCUT2D eigenvalue weighted by molar-refractivity contribution is 0.195. The summed E-state index contributed by atoms with van der Waals surface area (Å²) in [7, 11) is 0. The first-order chi connectivity index (χ1) is 38.6. The van der Waals surface area contributed by atoms with Gasteiger partial charge in [-0.15, -0.1) is 0 Å². The van der Waals surface area contributed by atoms with Crippen molar-refractivity contribution in [2.45, 2.75) is 96.4 Å². The number of para-hydroxylation sites is 2. The van der Waals surface area contributed by atoms with Gasteiger partial charge in [0.1, 0.15) is 11.5 Å². The molecule has 4 aliphatic rings. The number of hydrogen-bond acceptors (Lipinski definition) is 4. The zero-order valence-electron chi connectivity index (χ0n) is 46.2. The number of fused-ring (bicyclic) bond motifs is 13. The largest absolute Gasteiger partial charge is 0.507 e. The highest BCUT2D eigenvalue weighted by atomic mass is 16.3. The quantitative estimate of drug-likeness (QED) is 0.148. The zero-order valence-corrected chi connectivity index (χ0v) is 46.2. The molecule has 4 heteroatoms. The van der Waals surface area contributed by atoms with Crippen molar-refractivity contribution in [3.05, 3.63) is 263 Å². The van der Waals surface area contributed by atoms with Gasteiger partial charge in [-0.3, -0.25) is 0 Å². The van der Waals surface area contributed by atoms with E-state index in [1.54, 1.807) is 0 Å². The first-order valence-corrected chi connectivity index (χ1v) is 28.6. The van der Waals surface area contributed by atoms with Crippen LogP contribution in [0.25, 0.3) is 61.3 Å². The number of phenols is 1. The normalized spacial score (nSPS) is 18.2. The summed E-state index contributed by atoms with van der Waals surface area (Å²) in [5.74, 6) is 2.20. The van der Waals surface area contributed by atoms with Crippen LogP contribution in [0.15, 0.2) is 217 Å². The van der Waals surface area contributed by atoms with Gasteiger partial charge in [-0.25, -0.2) is 0 Å². The molecule has 1 aromatic heterocycles. The predicted octanol–water partition coefficient (Wildman–Crippen LogP) is 19.8. The summed E-state index contributed by atoms with van der Waals surface area (Å²) < 4.78 is 7.01. The van der Waals surface area contributed by atoms with Crippen LogP contribution in [0, 0.1) is 13.8 Å². The molecular formula is C75H66N2O2. The number of hydrogen-bond donors (Lipinski definition) is 1. The van der Waals surface area contributed by atoms with E-state index in [2.05, 4.69) is 264 Å². The standard InChI is InChI=1S/C75H66N2O2/c1-7-25-68-48(3)49(4)72(79-68)65(8-2)76(66-36-21-17-30-55(66)50-26-11-9-12-27-50)54-42-43-58-63(46-54)75(60-33-18-15-31-56(60)57-32-16-19-34-61(57)75)64-47-59(71(78)69(70(58)64)52-28-13-10-14-29-52)51-38-40-53(41-39-51)77-67-37-22-20-35-62(67)73(5)44-23-24-45-74(73,77)6/h8-22,26-43,46-47,78H,7,23-25,44-45H2,1-6H3/b65-8+. The van der Waals surface area contributed by atoms with Crippen molar-refractivity contribution in [3.63, 3.8) is 0 Å². The van der Waals surface area contributed by atoms with Crippen LogP contribution in [0.4, 0.5) is 22.7 Å². The highest BCUT2D eigenvalue weighted by molar-refractivity contribution is 6.05. The Labute approximate surface area is 466 Å². The van der Waals surface area contributed by atoms with Crippen molar-refractivity contribution in [3.8, 4) is 61.4 Å². The average molecular weight is 1030 g/mol. The molecule has 0 saturated heterocycles. The minimum atomic E-state index is -0.759. The molecule has 2 unspecified atom stereocenters. The number of furan rings is 1. The summed E-state index contributed by atoms with van der Waals surface area (Å²) in [6.45, 7) is 13.7. The van der Waals surface area contributed by atoms with Gasteiger partial charge in [0.05, 0.1) is 22.3 Å². The van der Waals surface area contributed by atoms with Crippen LogP contribution in [0.2, 0.25) is 0 Å². The summed E-state index contributed by atoms with van der Waals surface area (Å²) in [4.78, 5) is 5.07. The van der Waals surface area contributed by atoms with E-state index in [1.807, 2.05) is 0 Å². The lowest BCUT2D eigenvalue weighted by atomic mass is 9.61. The van der Waals surface area contributed by atoms with Gasteiger partial charge in [-0.2, -0.15) is 0 Å². The number of phenolic OH excluding ortho intramolecular Hbond substituents is 1. The third kappa shape index (κ3) is 6.92. The van der Waals surface area contributed by atoms with Crippen LogP contribution in [-0.4, -0.2) is 10.6 Å². The van der Waals surface area contributed by atoms with Crippen LogP contribution in [0.3, 0.4) is 0 Å². The monoisotopic (exact) mass is 1030 g/mol. The Balaban J connectivity index is 1.03. The Morgan fingerprint density at radius 1 is 0.557 bits per heavy atom. The molecule has 1 aliphatic heterocycles. The van der Waals surface area contributed by atoms with Crippen LogP contribution in [-0.2, 0) is 17.3 Å². The minimum Gasteiger partial charge on any atom is -0.507 e. The maximum absolute atomic E-state index is 13.4.